The molecule has 0 unspecified atom stereocenters. The molecule has 14 heavy (non-hydrogen) atoms. The minimum atomic E-state index is 0.337. The lowest BCUT2D eigenvalue weighted by molar-refractivity contribution is 0.421. The maximum absolute atomic E-state index is 5.59. The Balaban J connectivity index is 2.34. The Morgan fingerprint density at radius 2 is 2.21 bits per heavy atom. The van der Waals surface area contributed by atoms with E-state index in [2.05, 4.69) is 20.3 Å². The molecule has 0 atom stereocenters. The third-order valence-electron chi connectivity index (χ3n) is 1.64. The van der Waals surface area contributed by atoms with Crippen LogP contribution in [0.25, 0.3) is 11.6 Å². The first-order valence-corrected chi connectivity index (χ1v) is 4.49. The van der Waals surface area contributed by atoms with Gasteiger partial charge in [-0.1, -0.05) is 23.7 Å². The molecular formula is C8H7ClN4O. The highest BCUT2D eigenvalue weighted by Crippen LogP contribution is 2.14. The molecule has 0 amide bonds. The van der Waals surface area contributed by atoms with Gasteiger partial charge in [0.15, 0.2) is 16.7 Å². The second-order valence-corrected chi connectivity index (χ2v) is 3.00. The van der Waals surface area contributed by atoms with Gasteiger partial charge >= 0.3 is 0 Å². The van der Waals surface area contributed by atoms with Crippen LogP contribution in [0.3, 0.4) is 0 Å². The van der Waals surface area contributed by atoms with Crippen molar-refractivity contribution in [1.82, 2.24) is 20.3 Å². The van der Waals surface area contributed by atoms with E-state index in [1.807, 2.05) is 6.92 Å². The summed E-state index contributed by atoms with van der Waals surface area (Å²) in [5.74, 6) is 1.02. The number of rotatable bonds is 2. The molecule has 0 aromatic carbocycles. The number of nitrogens with zero attached hydrogens (tertiary/aromatic N) is 4. The van der Waals surface area contributed by atoms with Crippen LogP contribution in [0.1, 0.15) is 12.7 Å². The average molecular weight is 211 g/mol. The van der Waals surface area contributed by atoms with E-state index in [0.717, 1.165) is 6.42 Å². The van der Waals surface area contributed by atoms with E-state index in [0.29, 0.717) is 22.6 Å². The quantitative estimate of drug-likeness (QED) is 0.756. The van der Waals surface area contributed by atoms with Gasteiger partial charge in [-0.25, -0.2) is 0 Å². The predicted molar refractivity (Wildman–Crippen MR) is 49.7 cm³/mol. The first-order chi connectivity index (χ1) is 6.79. The van der Waals surface area contributed by atoms with E-state index in [-0.39, 0.29) is 0 Å². The van der Waals surface area contributed by atoms with Gasteiger partial charge in [0.25, 0.3) is 5.89 Å². The molecule has 2 rings (SSSR count). The zero-order valence-electron chi connectivity index (χ0n) is 7.44. The molecule has 0 saturated carbocycles. The molecule has 0 radical (unpaired) electrons. The summed E-state index contributed by atoms with van der Waals surface area (Å²) in [5.41, 5.74) is 0.529. The number of halogens is 1. The van der Waals surface area contributed by atoms with Crippen LogP contribution in [0.4, 0.5) is 0 Å². The molecule has 0 aliphatic heterocycles. The topological polar surface area (TPSA) is 64.7 Å². The van der Waals surface area contributed by atoms with Gasteiger partial charge in [0.1, 0.15) is 0 Å². The first kappa shape index (κ1) is 9.08. The molecule has 2 heterocycles. The van der Waals surface area contributed by atoms with E-state index in [1.54, 1.807) is 12.1 Å². The fourth-order valence-corrected chi connectivity index (χ4v) is 1.03. The zero-order chi connectivity index (χ0) is 9.97. The Morgan fingerprint density at radius 1 is 1.36 bits per heavy atom. The second kappa shape index (κ2) is 3.71. The van der Waals surface area contributed by atoms with Crippen molar-refractivity contribution < 1.29 is 4.52 Å². The smallest absolute Gasteiger partial charge is 0.278 e. The van der Waals surface area contributed by atoms with Gasteiger partial charge in [-0.3, -0.25) is 0 Å². The van der Waals surface area contributed by atoms with Gasteiger partial charge in [-0.2, -0.15) is 4.98 Å². The minimum absolute atomic E-state index is 0.337. The fraction of sp³-hybridized carbons (Fsp3) is 0.250. The Morgan fingerprint density at radius 3 is 2.79 bits per heavy atom. The van der Waals surface area contributed by atoms with E-state index in [9.17, 15) is 0 Å². The van der Waals surface area contributed by atoms with Crippen LogP contribution >= 0.6 is 11.6 Å². The van der Waals surface area contributed by atoms with Gasteiger partial charge in [-0.05, 0) is 12.1 Å². The summed E-state index contributed by atoms with van der Waals surface area (Å²) in [4.78, 5) is 4.11. The Labute approximate surface area is 85.1 Å². The van der Waals surface area contributed by atoms with Crippen LogP contribution in [0.2, 0.25) is 5.15 Å². The standard InChI is InChI=1S/C8H7ClN4O/c1-2-7-10-8(14-13-7)5-3-4-6(9)12-11-5/h3-4H,2H2,1H3. The largest absolute Gasteiger partial charge is 0.332 e. The van der Waals surface area contributed by atoms with Crippen LogP contribution in [0.5, 0.6) is 0 Å². The molecule has 0 saturated heterocycles. The third kappa shape index (κ3) is 1.72. The SMILES string of the molecule is CCc1noc(-c2ccc(Cl)nn2)n1. The molecule has 0 spiro atoms. The van der Waals surface area contributed by atoms with Crippen LogP contribution in [-0.4, -0.2) is 20.3 Å². The summed E-state index contributed by atoms with van der Waals surface area (Å²) in [6.07, 6.45) is 0.727. The lowest BCUT2D eigenvalue weighted by atomic mass is 10.4. The van der Waals surface area contributed by atoms with Crippen molar-refractivity contribution in [2.45, 2.75) is 13.3 Å². The van der Waals surface area contributed by atoms with Crippen LogP contribution in [0.15, 0.2) is 16.7 Å². The number of aryl methyl sites for hydroxylation is 1. The summed E-state index contributed by atoms with van der Waals surface area (Å²) < 4.78 is 4.97. The minimum Gasteiger partial charge on any atom is -0.332 e. The van der Waals surface area contributed by atoms with Gasteiger partial charge in [0.2, 0.25) is 0 Å². The summed E-state index contributed by atoms with van der Waals surface area (Å²) in [7, 11) is 0. The normalized spacial score (nSPS) is 10.4. The summed E-state index contributed by atoms with van der Waals surface area (Å²) >= 11 is 5.59. The lowest BCUT2D eigenvalue weighted by Gasteiger charge is -1.90. The lowest BCUT2D eigenvalue weighted by Crippen LogP contribution is -1.88. The van der Waals surface area contributed by atoms with E-state index in [1.165, 1.54) is 0 Å². The molecule has 72 valence electrons. The highest BCUT2D eigenvalue weighted by Gasteiger charge is 2.08. The van der Waals surface area contributed by atoms with Crippen molar-refractivity contribution in [2.75, 3.05) is 0 Å². The monoisotopic (exact) mass is 210 g/mol. The molecular weight excluding hydrogens is 204 g/mol. The second-order valence-electron chi connectivity index (χ2n) is 2.61. The number of hydrogen-bond acceptors (Lipinski definition) is 5. The molecule has 0 fully saturated rings. The fourth-order valence-electron chi connectivity index (χ4n) is 0.932. The van der Waals surface area contributed by atoms with Crippen LogP contribution < -0.4 is 0 Å². The maximum Gasteiger partial charge on any atom is 0.278 e. The molecule has 0 bridgehead atoms. The Hall–Kier alpha value is -1.49. The average Bonchev–Trinajstić information content (AvgIpc) is 2.67. The predicted octanol–water partition coefficient (Wildman–Crippen LogP) is 1.74. The van der Waals surface area contributed by atoms with Gasteiger partial charge in [0, 0.05) is 6.42 Å². The zero-order valence-corrected chi connectivity index (χ0v) is 8.19. The molecule has 0 aliphatic rings. The molecule has 0 N–H and O–H groups in total. The summed E-state index contributed by atoms with van der Waals surface area (Å²) in [6, 6.07) is 3.31. The molecule has 0 aliphatic carbocycles. The highest BCUT2D eigenvalue weighted by molar-refractivity contribution is 6.29. The van der Waals surface area contributed by atoms with E-state index >= 15 is 0 Å². The van der Waals surface area contributed by atoms with Gasteiger partial charge in [0.05, 0.1) is 0 Å². The van der Waals surface area contributed by atoms with Crippen molar-refractivity contribution in [1.29, 1.82) is 0 Å². The van der Waals surface area contributed by atoms with Crippen molar-refractivity contribution in [3.05, 3.63) is 23.1 Å². The molecule has 2 aromatic heterocycles. The van der Waals surface area contributed by atoms with Crippen molar-refractivity contribution in [3.8, 4) is 11.6 Å². The summed E-state index contributed by atoms with van der Waals surface area (Å²) in [6.45, 7) is 1.95. The number of aromatic nitrogens is 4. The van der Waals surface area contributed by atoms with E-state index < -0.39 is 0 Å². The van der Waals surface area contributed by atoms with Crippen LogP contribution in [0, 0.1) is 0 Å². The maximum atomic E-state index is 5.59. The van der Waals surface area contributed by atoms with Crippen LogP contribution in [-0.2, 0) is 6.42 Å². The molecule has 6 heteroatoms. The van der Waals surface area contributed by atoms with Gasteiger partial charge < -0.3 is 4.52 Å². The highest BCUT2D eigenvalue weighted by atomic mass is 35.5. The van der Waals surface area contributed by atoms with Crippen molar-refractivity contribution in [2.24, 2.45) is 0 Å². The van der Waals surface area contributed by atoms with Gasteiger partial charge in [-0.15, -0.1) is 10.2 Å². The first-order valence-electron chi connectivity index (χ1n) is 4.12. The molecule has 5 nitrogen and oxygen atoms in total. The summed E-state index contributed by atoms with van der Waals surface area (Å²) in [5, 5.41) is 11.6. The Kier molecular flexibility index (Phi) is 2.41. The Bertz CT molecular complexity index is 425. The van der Waals surface area contributed by atoms with Crippen molar-refractivity contribution >= 4 is 11.6 Å². The molecule has 2 aromatic rings. The number of hydrogen-bond donors (Lipinski definition) is 0. The van der Waals surface area contributed by atoms with E-state index in [4.69, 9.17) is 16.1 Å². The van der Waals surface area contributed by atoms with Crippen molar-refractivity contribution in [3.63, 3.8) is 0 Å². The third-order valence-corrected chi connectivity index (χ3v) is 1.84.